The summed E-state index contributed by atoms with van der Waals surface area (Å²) in [6.07, 6.45) is 0. The zero-order valence-electron chi connectivity index (χ0n) is 8.17. The van der Waals surface area contributed by atoms with Gasteiger partial charge in [0.05, 0.1) is 6.54 Å². The quantitative estimate of drug-likeness (QED) is 0.815. The number of thioether (sulfide) groups is 1. The molecule has 1 aromatic rings. The summed E-state index contributed by atoms with van der Waals surface area (Å²) < 4.78 is 26.5. The summed E-state index contributed by atoms with van der Waals surface area (Å²) in [6, 6.07) is 3.30. The Hall–Kier alpha value is -1.43. The van der Waals surface area contributed by atoms with E-state index in [4.69, 9.17) is 0 Å². The number of amides is 1. The molecule has 0 saturated heterocycles. The highest BCUT2D eigenvalue weighted by Crippen LogP contribution is 2.14. The van der Waals surface area contributed by atoms with E-state index in [0.29, 0.717) is 11.7 Å². The van der Waals surface area contributed by atoms with Crippen molar-refractivity contribution in [1.29, 1.82) is 0 Å². The topological polar surface area (TPSA) is 41.5 Å². The minimum absolute atomic E-state index is 0.410. The van der Waals surface area contributed by atoms with Gasteiger partial charge in [0.25, 0.3) is 5.91 Å². The molecule has 0 atom stereocenters. The third-order valence-corrected chi connectivity index (χ3v) is 2.89. The van der Waals surface area contributed by atoms with E-state index in [9.17, 15) is 13.6 Å². The van der Waals surface area contributed by atoms with Crippen molar-refractivity contribution in [2.24, 2.45) is 4.99 Å². The standard InChI is InChI=1S/C10H8F2N2OS/c11-6-2-1-3-7(12)8(6)9(15)14-10-13-4-5-16-10/h1-3H,4-5H2,(H,13,14,15). The minimum atomic E-state index is -0.874. The van der Waals surface area contributed by atoms with Gasteiger partial charge in [-0.3, -0.25) is 9.79 Å². The van der Waals surface area contributed by atoms with Gasteiger partial charge in [-0.1, -0.05) is 17.8 Å². The molecule has 0 aliphatic carbocycles. The van der Waals surface area contributed by atoms with Gasteiger partial charge in [-0.15, -0.1) is 0 Å². The predicted octanol–water partition coefficient (Wildman–Crippen LogP) is 1.80. The largest absolute Gasteiger partial charge is 0.301 e. The normalized spacial score (nSPS) is 14.8. The van der Waals surface area contributed by atoms with E-state index in [1.165, 1.54) is 17.8 Å². The van der Waals surface area contributed by atoms with Crippen LogP contribution < -0.4 is 5.32 Å². The van der Waals surface area contributed by atoms with E-state index in [2.05, 4.69) is 10.3 Å². The van der Waals surface area contributed by atoms with Crippen LogP contribution in [0.1, 0.15) is 10.4 Å². The van der Waals surface area contributed by atoms with Gasteiger partial charge < -0.3 is 5.32 Å². The monoisotopic (exact) mass is 242 g/mol. The number of nitrogens with zero attached hydrogens (tertiary/aromatic N) is 1. The smallest absolute Gasteiger partial charge is 0.263 e. The third kappa shape index (κ3) is 2.21. The molecule has 1 aliphatic rings. The molecular weight excluding hydrogens is 234 g/mol. The predicted molar refractivity (Wildman–Crippen MR) is 58.6 cm³/mol. The van der Waals surface area contributed by atoms with Crippen LogP contribution in [0.3, 0.4) is 0 Å². The number of nitrogens with one attached hydrogen (secondary N) is 1. The summed E-state index contributed by atoms with van der Waals surface area (Å²) in [6.45, 7) is 0.611. The number of benzene rings is 1. The Morgan fingerprint density at radius 3 is 2.62 bits per heavy atom. The molecule has 0 spiro atoms. The second kappa shape index (κ2) is 4.61. The fourth-order valence-corrected chi connectivity index (χ4v) is 2.01. The maximum absolute atomic E-state index is 13.2. The SMILES string of the molecule is O=C(NC1=NCCS1)c1c(F)cccc1F. The van der Waals surface area contributed by atoms with E-state index in [0.717, 1.165) is 17.9 Å². The number of rotatable bonds is 1. The molecule has 2 rings (SSSR count). The van der Waals surface area contributed by atoms with Crippen molar-refractivity contribution in [2.75, 3.05) is 12.3 Å². The first-order chi connectivity index (χ1) is 7.68. The highest BCUT2D eigenvalue weighted by atomic mass is 32.2. The first-order valence-corrected chi connectivity index (χ1v) is 5.59. The molecule has 0 aromatic heterocycles. The highest BCUT2D eigenvalue weighted by Gasteiger charge is 2.19. The molecule has 1 N–H and O–H groups in total. The number of hydrogen-bond acceptors (Lipinski definition) is 3. The molecule has 6 heteroatoms. The van der Waals surface area contributed by atoms with E-state index >= 15 is 0 Å². The van der Waals surface area contributed by atoms with E-state index in [1.54, 1.807) is 0 Å². The highest BCUT2D eigenvalue weighted by molar-refractivity contribution is 8.14. The molecule has 16 heavy (non-hydrogen) atoms. The lowest BCUT2D eigenvalue weighted by Crippen LogP contribution is -2.29. The van der Waals surface area contributed by atoms with Gasteiger partial charge in [0, 0.05) is 5.75 Å². The second-order valence-corrected chi connectivity index (χ2v) is 4.17. The average molecular weight is 242 g/mol. The summed E-state index contributed by atoms with van der Waals surface area (Å²) in [5.41, 5.74) is -0.572. The first-order valence-electron chi connectivity index (χ1n) is 4.61. The van der Waals surface area contributed by atoms with Crippen molar-refractivity contribution in [3.8, 4) is 0 Å². The maximum atomic E-state index is 13.2. The second-order valence-electron chi connectivity index (χ2n) is 3.09. The Morgan fingerprint density at radius 2 is 2.06 bits per heavy atom. The van der Waals surface area contributed by atoms with Crippen LogP contribution in [0.2, 0.25) is 0 Å². The van der Waals surface area contributed by atoms with Crippen LogP contribution in [0.4, 0.5) is 8.78 Å². The van der Waals surface area contributed by atoms with Gasteiger partial charge in [-0.25, -0.2) is 8.78 Å². The van der Waals surface area contributed by atoms with E-state index in [1.807, 2.05) is 0 Å². The Labute approximate surface area is 94.9 Å². The molecule has 0 fully saturated rings. The fourth-order valence-electron chi connectivity index (χ4n) is 1.29. The molecule has 84 valence electrons. The van der Waals surface area contributed by atoms with Gasteiger partial charge in [-0.2, -0.15) is 0 Å². The molecular formula is C10H8F2N2OS. The van der Waals surface area contributed by atoms with Crippen molar-refractivity contribution in [1.82, 2.24) is 5.32 Å². The Bertz CT molecular complexity index is 442. The number of amidine groups is 1. The minimum Gasteiger partial charge on any atom is -0.301 e. The summed E-state index contributed by atoms with van der Waals surface area (Å²) in [5.74, 6) is -1.78. The lowest BCUT2D eigenvalue weighted by molar-refractivity contribution is 0.0970. The summed E-state index contributed by atoms with van der Waals surface area (Å²) in [7, 11) is 0. The van der Waals surface area contributed by atoms with Gasteiger partial charge in [0.2, 0.25) is 0 Å². The molecule has 3 nitrogen and oxygen atoms in total. The molecule has 0 saturated carbocycles. The molecule has 1 heterocycles. The molecule has 1 amide bonds. The summed E-state index contributed by atoms with van der Waals surface area (Å²) >= 11 is 1.35. The van der Waals surface area contributed by atoms with Crippen LogP contribution >= 0.6 is 11.8 Å². The fraction of sp³-hybridized carbons (Fsp3) is 0.200. The lowest BCUT2D eigenvalue weighted by atomic mass is 10.2. The van der Waals surface area contributed by atoms with Gasteiger partial charge in [0.15, 0.2) is 5.17 Å². The van der Waals surface area contributed by atoms with Crippen molar-refractivity contribution in [3.63, 3.8) is 0 Å². The maximum Gasteiger partial charge on any atom is 0.263 e. The Kier molecular flexibility index (Phi) is 3.19. The van der Waals surface area contributed by atoms with Gasteiger partial charge in [-0.05, 0) is 12.1 Å². The van der Waals surface area contributed by atoms with E-state index in [-0.39, 0.29) is 0 Å². The number of carbonyl (C=O) groups is 1. The van der Waals surface area contributed by atoms with Crippen LogP contribution in [0.25, 0.3) is 0 Å². The molecule has 1 aliphatic heterocycles. The zero-order chi connectivity index (χ0) is 11.5. The van der Waals surface area contributed by atoms with Crippen LogP contribution in [0, 0.1) is 11.6 Å². The Balaban J connectivity index is 2.20. The number of carbonyl (C=O) groups excluding carboxylic acids is 1. The Morgan fingerprint density at radius 1 is 1.38 bits per heavy atom. The van der Waals surface area contributed by atoms with Crippen molar-refractivity contribution in [2.45, 2.75) is 0 Å². The molecule has 1 aromatic carbocycles. The lowest BCUT2D eigenvalue weighted by Gasteiger charge is -2.05. The van der Waals surface area contributed by atoms with Crippen molar-refractivity contribution < 1.29 is 13.6 Å². The number of halogens is 2. The van der Waals surface area contributed by atoms with Gasteiger partial charge in [0.1, 0.15) is 17.2 Å². The van der Waals surface area contributed by atoms with Crippen LogP contribution in [0.15, 0.2) is 23.2 Å². The van der Waals surface area contributed by atoms with Gasteiger partial charge >= 0.3 is 0 Å². The van der Waals surface area contributed by atoms with Crippen molar-refractivity contribution >= 4 is 22.8 Å². The summed E-state index contributed by atoms with van der Waals surface area (Å²) in [4.78, 5) is 15.5. The molecule has 0 bridgehead atoms. The molecule has 0 radical (unpaired) electrons. The zero-order valence-corrected chi connectivity index (χ0v) is 8.98. The van der Waals surface area contributed by atoms with Crippen molar-refractivity contribution in [3.05, 3.63) is 35.4 Å². The first kappa shape index (κ1) is 11.1. The van der Waals surface area contributed by atoms with Crippen LogP contribution in [-0.4, -0.2) is 23.4 Å². The third-order valence-electron chi connectivity index (χ3n) is 2.00. The van der Waals surface area contributed by atoms with Crippen LogP contribution in [-0.2, 0) is 0 Å². The van der Waals surface area contributed by atoms with Crippen LogP contribution in [0.5, 0.6) is 0 Å². The number of hydrogen-bond donors (Lipinski definition) is 1. The average Bonchev–Trinajstić information content (AvgIpc) is 2.70. The molecule has 0 unspecified atom stereocenters. The van der Waals surface area contributed by atoms with E-state index < -0.39 is 23.1 Å². The number of aliphatic imine (C=N–C) groups is 1. The summed E-state index contributed by atoms with van der Waals surface area (Å²) in [5, 5.41) is 2.78.